The van der Waals surface area contributed by atoms with Gasteiger partial charge in [-0.1, -0.05) is 18.2 Å². The summed E-state index contributed by atoms with van der Waals surface area (Å²) in [5.41, 5.74) is 8.49. The molecule has 1 aromatic heterocycles. The Morgan fingerprint density at radius 3 is 2.65 bits per heavy atom. The number of hydrogen-bond acceptors (Lipinski definition) is 4. The molecule has 0 aliphatic heterocycles. The van der Waals surface area contributed by atoms with Gasteiger partial charge < -0.3 is 15.5 Å². The molecule has 0 spiro atoms. The van der Waals surface area contributed by atoms with E-state index < -0.39 is 0 Å². The summed E-state index contributed by atoms with van der Waals surface area (Å²) in [7, 11) is 0. The van der Waals surface area contributed by atoms with E-state index in [1.54, 1.807) is 24.3 Å². The Balaban J connectivity index is 1.82. The summed E-state index contributed by atoms with van der Waals surface area (Å²) >= 11 is 0. The van der Waals surface area contributed by atoms with Crippen LogP contribution in [0.2, 0.25) is 0 Å². The summed E-state index contributed by atoms with van der Waals surface area (Å²) in [6, 6.07) is 13.7. The van der Waals surface area contributed by atoms with Crippen LogP contribution in [0.5, 0.6) is 0 Å². The van der Waals surface area contributed by atoms with Crippen LogP contribution in [0.3, 0.4) is 0 Å². The van der Waals surface area contributed by atoms with Gasteiger partial charge in [0.05, 0.1) is 0 Å². The quantitative estimate of drug-likeness (QED) is 0.710. The van der Waals surface area contributed by atoms with Crippen molar-refractivity contribution in [2.24, 2.45) is 0 Å². The van der Waals surface area contributed by atoms with E-state index in [0.29, 0.717) is 23.1 Å². The van der Waals surface area contributed by atoms with Crippen molar-refractivity contribution < 1.29 is 8.81 Å². The molecule has 0 saturated carbocycles. The molecule has 3 rings (SSSR count). The van der Waals surface area contributed by atoms with Crippen LogP contribution in [0.15, 0.2) is 59.2 Å². The lowest BCUT2D eigenvalue weighted by Gasteiger charge is -2.00. The number of rotatable bonds is 3. The largest absolute Gasteiger partial charge is 0.431 e. The Morgan fingerprint density at radius 2 is 1.90 bits per heavy atom. The Morgan fingerprint density at radius 1 is 1.10 bits per heavy atom. The molecule has 2 aromatic carbocycles. The molecule has 3 N–H and O–H groups in total. The van der Waals surface area contributed by atoms with Gasteiger partial charge in [-0.2, -0.15) is 4.98 Å². The van der Waals surface area contributed by atoms with Crippen molar-refractivity contribution in [1.29, 1.82) is 0 Å². The second-order valence-electron chi connectivity index (χ2n) is 4.30. The number of oxazole rings is 1. The van der Waals surface area contributed by atoms with Crippen LogP contribution in [-0.4, -0.2) is 4.98 Å². The Hall–Kier alpha value is -2.82. The third-order valence-electron chi connectivity index (χ3n) is 2.79. The van der Waals surface area contributed by atoms with Crippen molar-refractivity contribution in [3.8, 4) is 11.3 Å². The van der Waals surface area contributed by atoms with Crippen molar-refractivity contribution in [1.82, 2.24) is 4.98 Å². The zero-order chi connectivity index (χ0) is 13.9. The fourth-order valence-corrected chi connectivity index (χ4v) is 1.81. The molecule has 20 heavy (non-hydrogen) atoms. The van der Waals surface area contributed by atoms with Gasteiger partial charge in [-0.3, -0.25) is 0 Å². The number of hydrogen-bond donors (Lipinski definition) is 2. The maximum atomic E-state index is 13.1. The number of nitrogen functional groups attached to an aromatic ring is 1. The van der Waals surface area contributed by atoms with E-state index in [0.717, 1.165) is 5.56 Å². The molecule has 0 radical (unpaired) electrons. The first kappa shape index (κ1) is 12.2. The zero-order valence-corrected chi connectivity index (χ0v) is 10.5. The fourth-order valence-electron chi connectivity index (χ4n) is 1.81. The smallest absolute Gasteiger partial charge is 0.299 e. The molecule has 0 atom stereocenters. The summed E-state index contributed by atoms with van der Waals surface area (Å²) in [5, 5.41) is 2.90. The number of anilines is 3. The number of nitrogens with one attached hydrogen (secondary N) is 1. The number of nitrogens with zero attached hydrogens (tertiary/aromatic N) is 1. The predicted octanol–water partition coefficient (Wildman–Crippen LogP) is 3.81. The second-order valence-corrected chi connectivity index (χ2v) is 4.30. The molecule has 100 valence electrons. The average Bonchev–Trinajstić information content (AvgIpc) is 2.88. The van der Waals surface area contributed by atoms with E-state index in [-0.39, 0.29) is 5.82 Å². The molecule has 0 aliphatic carbocycles. The summed E-state index contributed by atoms with van der Waals surface area (Å²) in [6.45, 7) is 0. The Kier molecular flexibility index (Phi) is 3.09. The van der Waals surface area contributed by atoms with E-state index in [1.165, 1.54) is 18.4 Å². The maximum Gasteiger partial charge on any atom is 0.299 e. The van der Waals surface area contributed by atoms with E-state index in [1.807, 2.05) is 12.1 Å². The molecule has 0 bridgehead atoms. The number of nitrogens with two attached hydrogens (primary N) is 1. The summed E-state index contributed by atoms with van der Waals surface area (Å²) < 4.78 is 18.4. The molecule has 1 heterocycles. The van der Waals surface area contributed by atoms with Gasteiger partial charge in [0.25, 0.3) is 6.01 Å². The minimum atomic E-state index is -0.319. The molecular weight excluding hydrogens is 257 g/mol. The first-order valence-corrected chi connectivity index (χ1v) is 6.05. The summed E-state index contributed by atoms with van der Waals surface area (Å²) in [5.74, 6) is -0.319. The lowest BCUT2D eigenvalue weighted by molar-refractivity contribution is 0.578. The van der Waals surface area contributed by atoms with Crippen molar-refractivity contribution >= 4 is 17.4 Å². The van der Waals surface area contributed by atoms with E-state index in [4.69, 9.17) is 10.2 Å². The van der Waals surface area contributed by atoms with E-state index in [2.05, 4.69) is 10.3 Å². The van der Waals surface area contributed by atoms with Crippen LogP contribution in [0.1, 0.15) is 0 Å². The molecule has 0 amide bonds. The molecule has 5 heteroatoms. The van der Waals surface area contributed by atoms with Gasteiger partial charge in [-0.05, 0) is 30.3 Å². The highest BCUT2D eigenvalue weighted by atomic mass is 19.1. The zero-order valence-electron chi connectivity index (χ0n) is 10.5. The van der Waals surface area contributed by atoms with Crippen molar-refractivity contribution in [3.05, 3.63) is 60.6 Å². The molecule has 0 unspecified atom stereocenters. The maximum absolute atomic E-state index is 13.1. The average molecular weight is 269 g/mol. The van der Waals surface area contributed by atoms with Crippen LogP contribution in [0.25, 0.3) is 11.3 Å². The molecule has 0 aliphatic rings. The van der Waals surface area contributed by atoms with Gasteiger partial charge in [-0.25, -0.2) is 4.39 Å². The van der Waals surface area contributed by atoms with E-state index >= 15 is 0 Å². The highest BCUT2D eigenvalue weighted by Gasteiger charge is 2.06. The van der Waals surface area contributed by atoms with Gasteiger partial charge >= 0.3 is 0 Å². The van der Waals surface area contributed by atoms with Crippen molar-refractivity contribution in [2.75, 3.05) is 11.1 Å². The monoisotopic (exact) mass is 269 g/mol. The van der Waals surface area contributed by atoms with Crippen LogP contribution < -0.4 is 11.1 Å². The molecule has 4 nitrogen and oxygen atoms in total. The van der Waals surface area contributed by atoms with Gasteiger partial charge in [-0.15, -0.1) is 0 Å². The van der Waals surface area contributed by atoms with Crippen molar-refractivity contribution in [2.45, 2.75) is 0 Å². The van der Waals surface area contributed by atoms with Gasteiger partial charge in [0, 0.05) is 16.9 Å². The summed E-state index contributed by atoms with van der Waals surface area (Å²) in [4.78, 5) is 4.29. The van der Waals surface area contributed by atoms with Crippen molar-refractivity contribution in [3.63, 3.8) is 0 Å². The van der Waals surface area contributed by atoms with E-state index in [9.17, 15) is 4.39 Å². The van der Waals surface area contributed by atoms with Crippen LogP contribution >= 0.6 is 0 Å². The predicted molar refractivity (Wildman–Crippen MR) is 76.0 cm³/mol. The standard InChI is InChI=1S/C15H12FN3O/c16-11-2-1-3-13(8-11)18-15-19-14(9-20-15)10-4-6-12(17)7-5-10/h1-9H,17H2,(H,18,19). The molecular formula is C15H12FN3O. The van der Waals surface area contributed by atoms with Crippen LogP contribution in [0, 0.1) is 5.82 Å². The highest BCUT2D eigenvalue weighted by molar-refractivity contribution is 5.63. The fraction of sp³-hybridized carbons (Fsp3) is 0. The highest BCUT2D eigenvalue weighted by Crippen LogP contribution is 2.23. The molecule has 0 fully saturated rings. The SMILES string of the molecule is Nc1ccc(-c2coc(Nc3cccc(F)c3)n2)cc1. The topological polar surface area (TPSA) is 64.1 Å². The summed E-state index contributed by atoms with van der Waals surface area (Å²) in [6.07, 6.45) is 1.53. The first-order valence-electron chi connectivity index (χ1n) is 6.05. The third-order valence-corrected chi connectivity index (χ3v) is 2.79. The number of aromatic nitrogens is 1. The normalized spacial score (nSPS) is 10.4. The van der Waals surface area contributed by atoms with Crippen LogP contribution in [-0.2, 0) is 0 Å². The Bertz CT molecular complexity index is 722. The Labute approximate surface area is 115 Å². The van der Waals surface area contributed by atoms with Gasteiger partial charge in [0.1, 0.15) is 17.8 Å². The molecule has 3 aromatic rings. The number of benzene rings is 2. The lowest BCUT2D eigenvalue weighted by Crippen LogP contribution is -1.91. The van der Waals surface area contributed by atoms with Gasteiger partial charge in [0.15, 0.2) is 0 Å². The third kappa shape index (κ3) is 2.61. The van der Waals surface area contributed by atoms with Crippen LogP contribution in [0.4, 0.5) is 21.8 Å². The molecule has 0 saturated heterocycles. The minimum Gasteiger partial charge on any atom is -0.431 e. The number of halogens is 1. The first-order chi connectivity index (χ1) is 9.70. The second kappa shape index (κ2) is 5.05. The van der Waals surface area contributed by atoms with Gasteiger partial charge in [0.2, 0.25) is 0 Å². The minimum absolute atomic E-state index is 0.308. The lowest BCUT2D eigenvalue weighted by atomic mass is 10.1.